The maximum absolute atomic E-state index is 13.3. The van der Waals surface area contributed by atoms with Crippen LogP contribution in [-0.4, -0.2) is 15.4 Å². The van der Waals surface area contributed by atoms with Gasteiger partial charge in [-0.05, 0) is 23.8 Å². The molecule has 0 aliphatic carbocycles. The first-order valence-electron chi connectivity index (χ1n) is 6.73. The molecular formula is C16H8ClF4NO3. The van der Waals surface area contributed by atoms with Gasteiger partial charge in [-0.1, -0.05) is 28.9 Å². The van der Waals surface area contributed by atoms with Gasteiger partial charge in [0, 0.05) is 6.07 Å². The molecule has 9 heteroatoms. The van der Waals surface area contributed by atoms with E-state index >= 15 is 0 Å². The molecule has 0 bridgehead atoms. The minimum Gasteiger partial charge on any atom is -0.507 e. The molecule has 4 nitrogen and oxygen atoms in total. The lowest BCUT2D eigenvalue weighted by atomic mass is 9.98. The number of nitrogens with zero attached hydrogens (tertiary/aromatic N) is 1. The minimum absolute atomic E-state index is 0.0198. The van der Waals surface area contributed by atoms with Crippen molar-refractivity contribution in [1.29, 1.82) is 0 Å². The molecule has 0 spiro atoms. The second-order valence-electron chi connectivity index (χ2n) is 5.06. The van der Waals surface area contributed by atoms with Gasteiger partial charge in [0.05, 0.1) is 16.1 Å². The van der Waals surface area contributed by atoms with Gasteiger partial charge in [-0.3, -0.25) is 0 Å². The first-order chi connectivity index (χ1) is 11.7. The van der Waals surface area contributed by atoms with E-state index in [1.54, 1.807) is 0 Å². The van der Waals surface area contributed by atoms with Gasteiger partial charge in [-0.15, -0.1) is 0 Å². The van der Waals surface area contributed by atoms with Crippen molar-refractivity contribution in [2.45, 2.75) is 6.18 Å². The SMILES string of the molecule is Oc1cc(O)c(-c2onc(C(F)(F)F)c2-c2ccc(F)cc2)cc1Cl. The van der Waals surface area contributed by atoms with E-state index in [1.807, 2.05) is 0 Å². The van der Waals surface area contributed by atoms with E-state index in [9.17, 15) is 27.8 Å². The van der Waals surface area contributed by atoms with Gasteiger partial charge >= 0.3 is 6.18 Å². The average molecular weight is 374 g/mol. The van der Waals surface area contributed by atoms with Crippen LogP contribution in [0.2, 0.25) is 5.02 Å². The normalized spacial score (nSPS) is 11.7. The van der Waals surface area contributed by atoms with Crippen LogP contribution in [0.5, 0.6) is 11.5 Å². The lowest BCUT2D eigenvalue weighted by molar-refractivity contribution is -0.142. The van der Waals surface area contributed by atoms with Gasteiger partial charge < -0.3 is 14.7 Å². The van der Waals surface area contributed by atoms with E-state index in [0.29, 0.717) is 0 Å². The summed E-state index contributed by atoms with van der Waals surface area (Å²) in [4.78, 5) is 0. The fraction of sp³-hybridized carbons (Fsp3) is 0.0625. The monoisotopic (exact) mass is 373 g/mol. The summed E-state index contributed by atoms with van der Waals surface area (Å²) in [5.41, 5.74) is -2.04. The Morgan fingerprint density at radius 2 is 1.64 bits per heavy atom. The maximum Gasteiger partial charge on any atom is 0.437 e. The number of benzene rings is 2. The zero-order valence-electron chi connectivity index (χ0n) is 12.1. The Balaban J connectivity index is 2.30. The summed E-state index contributed by atoms with van der Waals surface area (Å²) in [7, 11) is 0. The number of alkyl halides is 3. The number of aromatic nitrogens is 1. The average Bonchev–Trinajstić information content (AvgIpc) is 2.96. The Morgan fingerprint density at radius 1 is 1.00 bits per heavy atom. The molecule has 3 rings (SSSR count). The lowest BCUT2D eigenvalue weighted by Gasteiger charge is -2.09. The number of hydrogen-bond donors (Lipinski definition) is 2. The summed E-state index contributed by atoms with van der Waals surface area (Å²) in [5.74, 6) is -2.07. The second-order valence-corrected chi connectivity index (χ2v) is 5.47. The van der Waals surface area contributed by atoms with Crippen molar-refractivity contribution in [3.05, 3.63) is 52.9 Å². The van der Waals surface area contributed by atoms with Gasteiger partial charge in [-0.25, -0.2) is 4.39 Å². The summed E-state index contributed by atoms with van der Waals surface area (Å²) in [6.45, 7) is 0. The summed E-state index contributed by atoms with van der Waals surface area (Å²) >= 11 is 5.76. The molecule has 2 aromatic carbocycles. The Labute approximate surface area is 142 Å². The van der Waals surface area contributed by atoms with Crippen molar-refractivity contribution in [2.24, 2.45) is 0 Å². The third kappa shape index (κ3) is 3.12. The predicted octanol–water partition coefficient (Wildman–Crippen LogP) is 5.23. The molecule has 0 aliphatic heterocycles. The summed E-state index contributed by atoms with van der Waals surface area (Å²) in [6, 6.07) is 6.12. The summed E-state index contributed by atoms with van der Waals surface area (Å²) in [6.07, 6.45) is -4.85. The zero-order chi connectivity index (χ0) is 18.4. The van der Waals surface area contributed by atoms with Crippen molar-refractivity contribution < 1.29 is 32.3 Å². The highest BCUT2D eigenvalue weighted by molar-refractivity contribution is 6.32. The molecule has 0 atom stereocenters. The van der Waals surface area contributed by atoms with Crippen molar-refractivity contribution in [1.82, 2.24) is 5.16 Å². The van der Waals surface area contributed by atoms with E-state index in [1.165, 1.54) is 0 Å². The van der Waals surface area contributed by atoms with Gasteiger partial charge in [0.15, 0.2) is 11.5 Å². The van der Waals surface area contributed by atoms with Crippen molar-refractivity contribution in [3.8, 4) is 33.9 Å². The van der Waals surface area contributed by atoms with Crippen LogP contribution in [0.4, 0.5) is 17.6 Å². The fourth-order valence-corrected chi connectivity index (χ4v) is 2.45. The first kappa shape index (κ1) is 17.1. The molecule has 0 unspecified atom stereocenters. The number of aromatic hydroxyl groups is 2. The van der Waals surface area contributed by atoms with Gasteiger partial charge in [0.25, 0.3) is 0 Å². The number of hydrogen-bond acceptors (Lipinski definition) is 4. The molecule has 130 valence electrons. The van der Waals surface area contributed by atoms with Crippen molar-refractivity contribution >= 4 is 11.6 Å². The number of halogens is 5. The fourth-order valence-electron chi connectivity index (χ4n) is 2.28. The van der Waals surface area contributed by atoms with Crippen LogP contribution in [0.25, 0.3) is 22.5 Å². The molecule has 1 aromatic heterocycles. The molecule has 3 aromatic rings. The smallest absolute Gasteiger partial charge is 0.437 e. The molecule has 0 saturated carbocycles. The highest BCUT2D eigenvalue weighted by Crippen LogP contribution is 2.46. The van der Waals surface area contributed by atoms with Gasteiger partial charge in [0.1, 0.15) is 17.3 Å². The second kappa shape index (κ2) is 5.96. The van der Waals surface area contributed by atoms with E-state index in [4.69, 9.17) is 16.1 Å². The van der Waals surface area contributed by atoms with Crippen LogP contribution >= 0.6 is 11.6 Å². The molecule has 0 radical (unpaired) electrons. The maximum atomic E-state index is 13.3. The molecule has 0 aliphatic rings. The molecular weight excluding hydrogens is 366 g/mol. The van der Waals surface area contributed by atoms with E-state index in [0.717, 1.165) is 36.4 Å². The highest BCUT2D eigenvalue weighted by Gasteiger charge is 2.40. The molecule has 25 heavy (non-hydrogen) atoms. The quantitative estimate of drug-likeness (QED) is 0.603. The van der Waals surface area contributed by atoms with Crippen LogP contribution in [0.15, 0.2) is 40.9 Å². The van der Waals surface area contributed by atoms with Crippen molar-refractivity contribution in [2.75, 3.05) is 0 Å². The van der Waals surface area contributed by atoms with Crippen LogP contribution in [0, 0.1) is 5.82 Å². The summed E-state index contributed by atoms with van der Waals surface area (Å²) in [5, 5.41) is 22.3. The van der Waals surface area contributed by atoms with Crippen LogP contribution in [0.3, 0.4) is 0 Å². The third-order valence-corrected chi connectivity index (χ3v) is 3.71. The Bertz CT molecular complexity index is 936. The molecule has 0 saturated heterocycles. The number of phenols is 2. The topological polar surface area (TPSA) is 66.5 Å². The lowest BCUT2D eigenvalue weighted by Crippen LogP contribution is -2.07. The van der Waals surface area contributed by atoms with Crippen LogP contribution in [0.1, 0.15) is 5.69 Å². The first-order valence-corrected chi connectivity index (χ1v) is 7.11. The predicted molar refractivity (Wildman–Crippen MR) is 80.7 cm³/mol. The Kier molecular flexibility index (Phi) is 4.08. The molecule has 0 amide bonds. The van der Waals surface area contributed by atoms with Crippen LogP contribution in [-0.2, 0) is 6.18 Å². The number of rotatable bonds is 2. The summed E-state index contributed by atoms with van der Waals surface area (Å²) < 4.78 is 57.7. The standard InChI is InChI=1S/C16H8ClF4NO3/c17-10-5-9(11(23)6-12(10)24)14-13(7-1-3-8(18)4-2-7)15(22-25-14)16(19,20)21/h1-6,23-24H. The van der Waals surface area contributed by atoms with E-state index < -0.39 is 40.5 Å². The zero-order valence-corrected chi connectivity index (χ0v) is 12.9. The Morgan fingerprint density at radius 3 is 2.24 bits per heavy atom. The molecule has 1 heterocycles. The highest BCUT2D eigenvalue weighted by atomic mass is 35.5. The van der Waals surface area contributed by atoms with E-state index in [2.05, 4.69) is 5.16 Å². The third-order valence-electron chi connectivity index (χ3n) is 3.40. The molecule has 0 fully saturated rings. The minimum atomic E-state index is -4.85. The van der Waals surface area contributed by atoms with Crippen molar-refractivity contribution in [3.63, 3.8) is 0 Å². The van der Waals surface area contributed by atoms with E-state index in [-0.39, 0.29) is 16.1 Å². The number of phenolic OH excluding ortho intramolecular Hbond substituents is 2. The molecule has 2 N–H and O–H groups in total. The van der Waals surface area contributed by atoms with Gasteiger partial charge in [-0.2, -0.15) is 13.2 Å². The van der Waals surface area contributed by atoms with Gasteiger partial charge in [0.2, 0.25) is 0 Å². The Hall–Kier alpha value is -2.74. The largest absolute Gasteiger partial charge is 0.507 e. The van der Waals surface area contributed by atoms with Crippen LogP contribution < -0.4 is 0 Å².